The third kappa shape index (κ3) is 4.76. The molecule has 128 valence electrons. The van der Waals surface area contributed by atoms with Crippen LogP contribution < -0.4 is 24.8 Å². The van der Waals surface area contributed by atoms with Gasteiger partial charge in [0.2, 0.25) is 0 Å². The summed E-state index contributed by atoms with van der Waals surface area (Å²) in [6.07, 6.45) is 10.0. The number of aromatic nitrogens is 3. The van der Waals surface area contributed by atoms with E-state index >= 15 is 0 Å². The molecule has 0 N–H and O–H groups in total. The summed E-state index contributed by atoms with van der Waals surface area (Å²) in [5.41, 5.74) is 3.01. The van der Waals surface area contributed by atoms with Gasteiger partial charge in [0.25, 0.3) is 0 Å². The monoisotopic (exact) mass is 457 g/mol. The maximum absolute atomic E-state index is 4.23. The van der Waals surface area contributed by atoms with Gasteiger partial charge in [-0.05, 0) is 17.8 Å². The number of hydrogen-bond donors (Lipinski definition) is 0. The minimum Gasteiger partial charge on any atom is -1.00 e. The number of allylic oxidation sites excluding steroid dienone is 4. The van der Waals surface area contributed by atoms with Gasteiger partial charge in [0.05, 0.1) is 5.52 Å². The van der Waals surface area contributed by atoms with Gasteiger partial charge in [-0.15, -0.1) is 52.6 Å². The first-order valence-corrected chi connectivity index (χ1v) is 7.60. The Bertz CT molecular complexity index is 975. The molecule has 5 rings (SSSR count). The Hall–Kier alpha value is -1.61. The largest absolute Gasteiger partial charge is 4.00 e. The number of rotatable bonds is 1. The van der Waals surface area contributed by atoms with Crippen LogP contribution in [0, 0.1) is 6.08 Å². The average Bonchev–Trinajstić information content (AvgIpc) is 3.34. The van der Waals surface area contributed by atoms with E-state index < -0.39 is 0 Å². The summed E-state index contributed by atoms with van der Waals surface area (Å²) in [7, 11) is 0. The summed E-state index contributed by atoms with van der Waals surface area (Å²) in [5.74, 6) is 0. The molecule has 0 unspecified atom stereocenters. The van der Waals surface area contributed by atoms with E-state index in [1.165, 1.54) is 10.8 Å². The van der Waals surface area contributed by atoms with Gasteiger partial charge in [0.15, 0.2) is 0 Å². The summed E-state index contributed by atoms with van der Waals surface area (Å²) >= 11 is 0. The summed E-state index contributed by atoms with van der Waals surface area (Å²) in [4.78, 5) is 0. The fraction of sp³-hybridized carbons (Fsp3) is 0.0500. The second kappa shape index (κ2) is 10.5. The quantitative estimate of drug-likeness (QED) is 0.328. The molecule has 0 atom stereocenters. The van der Waals surface area contributed by atoms with E-state index in [-0.39, 0.29) is 51.0 Å². The van der Waals surface area contributed by atoms with E-state index in [9.17, 15) is 0 Å². The summed E-state index contributed by atoms with van der Waals surface area (Å²) in [5, 5.41) is 10.9. The van der Waals surface area contributed by atoms with Gasteiger partial charge in [-0.3, -0.25) is 6.08 Å². The summed E-state index contributed by atoms with van der Waals surface area (Å²) in [6.45, 7) is 0. The first-order valence-electron chi connectivity index (χ1n) is 7.60. The molecule has 3 aromatic carbocycles. The molecule has 4 aromatic rings. The van der Waals surface area contributed by atoms with Crippen molar-refractivity contribution in [3.05, 3.63) is 85.0 Å². The molecule has 0 aliphatic heterocycles. The van der Waals surface area contributed by atoms with E-state index in [0.29, 0.717) is 0 Å². The maximum Gasteiger partial charge on any atom is 4.00 e. The number of fused-ring (bicyclic) bond motifs is 2. The Morgan fingerprint density at radius 1 is 1.00 bits per heavy atom. The van der Waals surface area contributed by atoms with Gasteiger partial charge in [0, 0.05) is 0 Å². The molecule has 0 saturated heterocycles. The zero-order valence-electron chi connectivity index (χ0n) is 13.8. The smallest absolute Gasteiger partial charge is 1.00 e. The molecular formula is C20H15Cl2N3Zr. The SMILES string of the molecule is [C-]1=CC=CC1.[Cl-].[Cl-].[Zr+4].c1ccc2[cH-]c(-n3nnc4ccccc43)cc2c1. The normalized spacial score (nSPS) is 11.2. The number of benzene rings is 2. The molecule has 3 nitrogen and oxygen atoms in total. The molecule has 1 heterocycles. The Morgan fingerprint density at radius 2 is 1.77 bits per heavy atom. The first kappa shape index (κ1) is 22.4. The number of hydrogen-bond acceptors (Lipinski definition) is 2. The number of nitrogens with zero attached hydrogens (tertiary/aromatic N) is 3. The van der Waals surface area contributed by atoms with E-state index in [1.54, 1.807) is 0 Å². The van der Waals surface area contributed by atoms with Gasteiger partial charge in [-0.1, -0.05) is 23.4 Å². The van der Waals surface area contributed by atoms with E-state index in [2.05, 4.69) is 46.7 Å². The van der Waals surface area contributed by atoms with E-state index in [4.69, 9.17) is 0 Å². The Morgan fingerprint density at radius 3 is 2.46 bits per heavy atom. The van der Waals surface area contributed by atoms with Crippen LogP contribution in [0.15, 0.2) is 78.9 Å². The van der Waals surface area contributed by atoms with Gasteiger partial charge < -0.3 is 24.8 Å². The molecule has 0 saturated carbocycles. The van der Waals surface area contributed by atoms with Crippen molar-refractivity contribution in [1.29, 1.82) is 0 Å². The van der Waals surface area contributed by atoms with Crippen molar-refractivity contribution in [2.75, 3.05) is 0 Å². The average molecular weight is 459 g/mol. The fourth-order valence-corrected chi connectivity index (χ4v) is 2.66. The van der Waals surface area contributed by atoms with Crippen molar-refractivity contribution < 1.29 is 51.0 Å². The Kier molecular flexibility index (Phi) is 9.08. The van der Waals surface area contributed by atoms with Crippen LogP contribution in [0.5, 0.6) is 0 Å². The maximum atomic E-state index is 4.23. The van der Waals surface area contributed by atoms with E-state index in [1.807, 2.05) is 53.2 Å². The minimum atomic E-state index is 0. The molecule has 1 aliphatic rings. The third-order valence-corrected chi connectivity index (χ3v) is 3.79. The zero-order valence-corrected chi connectivity index (χ0v) is 17.8. The molecule has 0 spiro atoms. The van der Waals surface area contributed by atoms with Crippen LogP contribution in [0.2, 0.25) is 0 Å². The van der Waals surface area contributed by atoms with Gasteiger partial charge >= 0.3 is 26.2 Å². The molecule has 0 bridgehead atoms. The van der Waals surface area contributed by atoms with Gasteiger partial charge in [0.1, 0.15) is 5.52 Å². The topological polar surface area (TPSA) is 30.7 Å². The zero-order chi connectivity index (χ0) is 15.5. The van der Waals surface area contributed by atoms with Gasteiger partial charge in [-0.2, -0.15) is 6.08 Å². The fourth-order valence-electron chi connectivity index (χ4n) is 2.66. The Balaban J connectivity index is 0.000000372. The number of para-hydroxylation sites is 1. The molecule has 26 heavy (non-hydrogen) atoms. The van der Waals surface area contributed by atoms with Crippen molar-refractivity contribution in [2.45, 2.75) is 6.42 Å². The van der Waals surface area contributed by atoms with Crippen LogP contribution in [0.4, 0.5) is 0 Å². The molecular weight excluding hydrogens is 444 g/mol. The standard InChI is InChI=1S/C15H10N3.C5H5.2ClH.Zr/c1-2-6-12-10-13(9-11(12)5-1)18-15-8-4-3-7-14(15)16-17-18;1-2-4-5-3-1;;;/h1-10H;1-3H,4H2;2*1H;/q2*-1;;;+4/p-2. The molecule has 6 heteroatoms. The molecule has 1 aromatic heterocycles. The van der Waals surface area contributed by atoms with Gasteiger partial charge in [-0.25, -0.2) is 16.8 Å². The molecule has 0 amide bonds. The second-order valence-electron chi connectivity index (χ2n) is 5.34. The van der Waals surface area contributed by atoms with Crippen LogP contribution in [0.3, 0.4) is 0 Å². The van der Waals surface area contributed by atoms with Crippen LogP contribution in [-0.2, 0) is 26.2 Å². The molecule has 0 fully saturated rings. The predicted octanol–water partition coefficient (Wildman–Crippen LogP) is -1.40. The third-order valence-electron chi connectivity index (χ3n) is 3.79. The van der Waals surface area contributed by atoms with Crippen molar-refractivity contribution >= 4 is 21.8 Å². The van der Waals surface area contributed by atoms with Crippen molar-refractivity contribution in [3.63, 3.8) is 0 Å². The van der Waals surface area contributed by atoms with Crippen molar-refractivity contribution in [2.24, 2.45) is 0 Å². The summed E-state index contributed by atoms with van der Waals surface area (Å²) in [6, 6.07) is 20.6. The van der Waals surface area contributed by atoms with Crippen molar-refractivity contribution in [3.8, 4) is 5.69 Å². The predicted molar refractivity (Wildman–Crippen MR) is 93.5 cm³/mol. The molecule has 1 aliphatic carbocycles. The first-order chi connectivity index (χ1) is 11.4. The van der Waals surface area contributed by atoms with Crippen molar-refractivity contribution in [1.82, 2.24) is 15.0 Å². The van der Waals surface area contributed by atoms with Crippen LogP contribution >= 0.6 is 0 Å². The number of halogens is 2. The summed E-state index contributed by atoms with van der Waals surface area (Å²) < 4.78 is 1.88. The Labute approximate surface area is 184 Å². The van der Waals surface area contributed by atoms with Crippen LogP contribution in [-0.4, -0.2) is 15.0 Å². The molecule has 0 radical (unpaired) electrons. The van der Waals surface area contributed by atoms with Crippen LogP contribution in [0.1, 0.15) is 6.42 Å². The van der Waals surface area contributed by atoms with Crippen LogP contribution in [0.25, 0.3) is 27.5 Å². The second-order valence-corrected chi connectivity index (χ2v) is 5.34. The minimum absolute atomic E-state index is 0. The van der Waals surface area contributed by atoms with E-state index in [0.717, 1.165) is 23.1 Å².